The molecule has 1 rings (SSSR count). The van der Waals surface area contributed by atoms with Gasteiger partial charge in [0.25, 0.3) is 0 Å². The average molecular weight is 310 g/mol. The zero-order chi connectivity index (χ0) is 16.0. The molecule has 0 aromatic carbocycles. The molecule has 2 unspecified atom stereocenters. The van der Waals surface area contributed by atoms with Crippen LogP contribution in [0.25, 0.3) is 0 Å². The predicted octanol–water partition coefficient (Wildman–Crippen LogP) is 1.63. The molecule has 1 amide bonds. The number of alkyl halides is 3. The molecule has 1 aliphatic carbocycles. The highest BCUT2D eigenvalue weighted by molar-refractivity contribution is 5.79. The minimum absolute atomic E-state index is 0.0381. The van der Waals surface area contributed by atoms with Crippen LogP contribution in [0, 0.1) is 5.92 Å². The largest absolute Gasteiger partial charge is 0.480 e. The first kappa shape index (κ1) is 17.7. The Morgan fingerprint density at radius 3 is 2.38 bits per heavy atom. The van der Waals surface area contributed by atoms with E-state index < -0.39 is 37.7 Å². The van der Waals surface area contributed by atoms with Crippen molar-refractivity contribution in [1.29, 1.82) is 0 Å². The van der Waals surface area contributed by atoms with Gasteiger partial charge in [-0.05, 0) is 18.8 Å². The second-order valence-corrected chi connectivity index (χ2v) is 5.59. The van der Waals surface area contributed by atoms with Gasteiger partial charge in [0.1, 0.15) is 0 Å². The third kappa shape index (κ3) is 7.31. The Hall–Kier alpha value is -1.31. The Morgan fingerprint density at radius 1 is 1.24 bits per heavy atom. The zero-order valence-corrected chi connectivity index (χ0v) is 11.9. The maximum Gasteiger partial charge on any atom is 0.401 e. The van der Waals surface area contributed by atoms with Crippen molar-refractivity contribution in [1.82, 2.24) is 10.2 Å². The van der Waals surface area contributed by atoms with Gasteiger partial charge in [0, 0.05) is 6.04 Å². The van der Waals surface area contributed by atoms with Crippen LogP contribution in [0.5, 0.6) is 0 Å². The summed E-state index contributed by atoms with van der Waals surface area (Å²) in [5.74, 6) is -1.66. The fraction of sp³-hybridized carbons (Fsp3) is 0.846. The Balaban J connectivity index is 2.52. The highest BCUT2D eigenvalue weighted by Gasteiger charge is 2.33. The standard InChI is InChI=1S/C13H21F3N2O3/c1-9-4-2-3-5-10(9)17-11(19)6-18(7-12(20)21)8-13(14,15)16/h9-10H,2-8H2,1H3,(H,17,19)(H,20,21). The smallest absolute Gasteiger partial charge is 0.401 e. The lowest BCUT2D eigenvalue weighted by molar-refractivity contribution is -0.155. The third-order valence-electron chi connectivity index (χ3n) is 3.59. The zero-order valence-electron chi connectivity index (χ0n) is 11.9. The second-order valence-electron chi connectivity index (χ2n) is 5.59. The van der Waals surface area contributed by atoms with Crippen LogP contribution >= 0.6 is 0 Å². The average Bonchev–Trinajstić information content (AvgIpc) is 2.28. The van der Waals surface area contributed by atoms with E-state index in [1.807, 2.05) is 6.92 Å². The molecule has 2 atom stereocenters. The lowest BCUT2D eigenvalue weighted by Crippen LogP contribution is -2.48. The van der Waals surface area contributed by atoms with Gasteiger partial charge in [-0.15, -0.1) is 0 Å². The molecule has 8 heteroatoms. The van der Waals surface area contributed by atoms with Crippen LogP contribution in [0.2, 0.25) is 0 Å². The third-order valence-corrected chi connectivity index (χ3v) is 3.59. The van der Waals surface area contributed by atoms with E-state index in [1.165, 1.54) is 0 Å². The number of carboxylic acid groups (broad SMARTS) is 1. The van der Waals surface area contributed by atoms with Gasteiger partial charge in [-0.25, -0.2) is 0 Å². The van der Waals surface area contributed by atoms with E-state index in [2.05, 4.69) is 5.32 Å². The van der Waals surface area contributed by atoms with Gasteiger partial charge in [0.15, 0.2) is 0 Å². The number of carbonyl (C=O) groups excluding carboxylic acids is 1. The van der Waals surface area contributed by atoms with Crippen LogP contribution < -0.4 is 5.32 Å². The lowest BCUT2D eigenvalue weighted by Gasteiger charge is -2.30. The molecule has 0 radical (unpaired) electrons. The number of hydrogen-bond acceptors (Lipinski definition) is 3. The molecule has 1 aliphatic rings. The van der Waals surface area contributed by atoms with Crippen molar-refractivity contribution < 1.29 is 27.9 Å². The number of amides is 1. The maximum absolute atomic E-state index is 12.4. The summed E-state index contributed by atoms with van der Waals surface area (Å²) in [4.78, 5) is 23.0. The summed E-state index contributed by atoms with van der Waals surface area (Å²) in [6.07, 6.45) is -0.672. The molecule has 0 saturated heterocycles. The van der Waals surface area contributed by atoms with E-state index in [1.54, 1.807) is 0 Å². The minimum Gasteiger partial charge on any atom is -0.480 e. The van der Waals surface area contributed by atoms with Gasteiger partial charge in [0.2, 0.25) is 5.91 Å². The normalized spacial score (nSPS) is 23.1. The predicted molar refractivity (Wildman–Crippen MR) is 69.7 cm³/mol. The van der Waals surface area contributed by atoms with E-state index in [0.717, 1.165) is 25.7 Å². The molecule has 0 heterocycles. The maximum atomic E-state index is 12.4. The van der Waals surface area contributed by atoms with Crippen LogP contribution in [-0.4, -0.2) is 53.7 Å². The Bertz CT molecular complexity index is 374. The van der Waals surface area contributed by atoms with Crippen LogP contribution in [0.1, 0.15) is 32.6 Å². The highest BCUT2D eigenvalue weighted by atomic mass is 19.4. The van der Waals surface area contributed by atoms with E-state index in [9.17, 15) is 22.8 Å². The van der Waals surface area contributed by atoms with Crippen LogP contribution in [0.3, 0.4) is 0 Å². The molecule has 1 fully saturated rings. The van der Waals surface area contributed by atoms with Gasteiger partial charge in [-0.3, -0.25) is 14.5 Å². The van der Waals surface area contributed by atoms with Crippen molar-refractivity contribution in [3.63, 3.8) is 0 Å². The summed E-state index contributed by atoms with van der Waals surface area (Å²) in [5.41, 5.74) is 0. The van der Waals surface area contributed by atoms with Gasteiger partial charge < -0.3 is 10.4 Å². The summed E-state index contributed by atoms with van der Waals surface area (Å²) >= 11 is 0. The molecule has 2 N–H and O–H groups in total. The Kier molecular flexibility index (Phi) is 6.44. The van der Waals surface area contributed by atoms with Crippen LogP contribution in [-0.2, 0) is 9.59 Å². The van der Waals surface area contributed by atoms with Gasteiger partial charge in [-0.1, -0.05) is 19.8 Å². The van der Waals surface area contributed by atoms with Crippen LogP contribution in [0.4, 0.5) is 13.2 Å². The molecule has 0 aromatic heterocycles. The molecule has 21 heavy (non-hydrogen) atoms. The molecule has 0 aromatic rings. The second kappa shape index (κ2) is 7.63. The Morgan fingerprint density at radius 2 is 1.86 bits per heavy atom. The fourth-order valence-corrected chi connectivity index (χ4v) is 2.60. The lowest BCUT2D eigenvalue weighted by atomic mass is 9.86. The fourth-order valence-electron chi connectivity index (χ4n) is 2.60. The van der Waals surface area contributed by atoms with Gasteiger partial charge >= 0.3 is 12.1 Å². The van der Waals surface area contributed by atoms with Crippen molar-refractivity contribution in [2.75, 3.05) is 19.6 Å². The van der Waals surface area contributed by atoms with Crippen LogP contribution in [0.15, 0.2) is 0 Å². The van der Waals surface area contributed by atoms with Crippen molar-refractivity contribution in [3.05, 3.63) is 0 Å². The van der Waals surface area contributed by atoms with Gasteiger partial charge in [-0.2, -0.15) is 13.2 Å². The van der Waals surface area contributed by atoms with E-state index in [0.29, 0.717) is 10.8 Å². The molecular weight excluding hydrogens is 289 g/mol. The van der Waals surface area contributed by atoms with Crippen molar-refractivity contribution in [2.45, 2.75) is 44.8 Å². The number of nitrogens with zero attached hydrogens (tertiary/aromatic N) is 1. The quantitative estimate of drug-likeness (QED) is 0.782. The summed E-state index contributed by atoms with van der Waals surface area (Å²) in [6, 6.07) is -0.0381. The van der Waals surface area contributed by atoms with Crippen molar-refractivity contribution >= 4 is 11.9 Å². The summed E-state index contributed by atoms with van der Waals surface area (Å²) < 4.78 is 37.1. The van der Waals surface area contributed by atoms with E-state index >= 15 is 0 Å². The number of hydrogen-bond donors (Lipinski definition) is 2. The summed E-state index contributed by atoms with van der Waals surface area (Å²) in [7, 11) is 0. The van der Waals surface area contributed by atoms with Gasteiger partial charge in [0.05, 0.1) is 19.6 Å². The molecule has 0 aliphatic heterocycles. The number of carboxylic acids is 1. The summed E-state index contributed by atoms with van der Waals surface area (Å²) in [6.45, 7) is -0.788. The number of nitrogens with one attached hydrogen (secondary N) is 1. The van der Waals surface area contributed by atoms with Crippen molar-refractivity contribution in [2.24, 2.45) is 5.92 Å². The molecule has 122 valence electrons. The summed E-state index contributed by atoms with van der Waals surface area (Å²) in [5, 5.41) is 11.3. The molecule has 5 nitrogen and oxygen atoms in total. The van der Waals surface area contributed by atoms with Crippen molar-refractivity contribution in [3.8, 4) is 0 Å². The number of halogens is 3. The monoisotopic (exact) mass is 310 g/mol. The van der Waals surface area contributed by atoms with E-state index in [4.69, 9.17) is 5.11 Å². The van der Waals surface area contributed by atoms with E-state index in [-0.39, 0.29) is 6.04 Å². The number of aliphatic carboxylic acids is 1. The molecule has 0 spiro atoms. The molecular formula is C13H21F3N2O3. The highest BCUT2D eigenvalue weighted by Crippen LogP contribution is 2.23. The molecule has 0 bridgehead atoms. The first-order valence-electron chi connectivity index (χ1n) is 6.97. The SMILES string of the molecule is CC1CCCCC1NC(=O)CN(CC(=O)O)CC(F)(F)F. The Labute approximate surface area is 121 Å². The number of carbonyl (C=O) groups is 2. The molecule has 1 saturated carbocycles. The first-order valence-corrected chi connectivity index (χ1v) is 6.97. The minimum atomic E-state index is -4.53. The number of rotatable bonds is 6. The first-order chi connectivity index (χ1) is 9.67. The topological polar surface area (TPSA) is 69.6 Å².